The van der Waals surface area contributed by atoms with Crippen molar-refractivity contribution in [2.45, 2.75) is 12.8 Å². The van der Waals surface area contributed by atoms with Crippen molar-refractivity contribution in [1.29, 1.82) is 0 Å². The van der Waals surface area contributed by atoms with Crippen LogP contribution >= 0.6 is 0 Å². The van der Waals surface area contributed by atoms with Crippen LogP contribution in [0.15, 0.2) is 24.4 Å². The first-order valence-electron chi connectivity index (χ1n) is 7.32. The van der Waals surface area contributed by atoms with Crippen molar-refractivity contribution in [3.8, 4) is 0 Å². The van der Waals surface area contributed by atoms with E-state index in [-0.39, 0.29) is 18.4 Å². The summed E-state index contributed by atoms with van der Waals surface area (Å²) >= 11 is 0. The SMILES string of the molecule is CNCC1CCCN(C(=O)CNC(=O)c2ccccn2)C1. The number of carbonyl (C=O) groups is 2. The van der Waals surface area contributed by atoms with Crippen molar-refractivity contribution in [2.24, 2.45) is 5.92 Å². The van der Waals surface area contributed by atoms with Crippen LogP contribution in [-0.4, -0.2) is 54.9 Å². The fourth-order valence-electron chi connectivity index (χ4n) is 2.60. The number of hydrogen-bond donors (Lipinski definition) is 2. The van der Waals surface area contributed by atoms with E-state index in [9.17, 15) is 9.59 Å². The molecule has 1 atom stereocenters. The Balaban J connectivity index is 1.80. The summed E-state index contributed by atoms with van der Waals surface area (Å²) in [6.45, 7) is 2.49. The van der Waals surface area contributed by atoms with Gasteiger partial charge >= 0.3 is 0 Å². The molecule has 1 unspecified atom stereocenters. The highest BCUT2D eigenvalue weighted by Crippen LogP contribution is 2.15. The molecular weight excluding hydrogens is 268 g/mol. The third-order valence-electron chi connectivity index (χ3n) is 3.66. The monoisotopic (exact) mass is 290 g/mol. The second-order valence-electron chi connectivity index (χ2n) is 5.30. The van der Waals surface area contributed by atoms with Gasteiger partial charge in [-0.05, 0) is 44.5 Å². The number of pyridine rings is 1. The number of rotatable bonds is 5. The highest BCUT2D eigenvalue weighted by molar-refractivity contribution is 5.94. The van der Waals surface area contributed by atoms with Crippen LogP contribution in [0.3, 0.4) is 0 Å². The molecule has 0 bridgehead atoms. The highest BCUT2D eigenvalue weighted by atomic mass is 16.2. The molecule has 114 valence electrons. The first-order valence-corrected chi connectivity index (χ1v) is 7.32. The van der Waals surface area contributed by atoms with Gasteiger partial charge in [0.1, 0.15) is 5.69 Å². The van der Waals surface area contributed by atoms with Crippen molar-refractivity contribution in [3.63, 3.8) is 0 Å². The van der Waals surface area contributed by atoms with Gasteiger partial charge in [-0.2, -0.15) is 0 Å². The minimum atomic E-state index is -0.312. The Kier molecular flexibility index (Phi) is 5.68. The highest BCUT2D eigenvalue weighted by Gasteiger charge is 2.23. The molecule has 0 spiro atoms. The zero-order chi connectivity index (χ0) is 15.1. The van der Waals surface area contributed by atoms with Gasteiger partial charge in [-0.3, -0.25) is 14.6 Å². The zero-order valence-electron chi connectivity index (χ0n) is 12.3. The maximum Gasteiger partial charge on any atom is 0.270 e. The molecule has 2 heterocycles. The maximum absolute atomic E-state index is 12.2. The Bertz CT molecular complexity index is 476. The number of hydrogen-bond acceptors (Lipinski definition) is 4. The molecule has 0 radical (unpaired) electrons. The van der Waals surface area contributed by atoms with Crippen LogP contribution in [0.4, 0.5) is 0 Å². The summed E-state index contributed by atoms with van der Waals surface area (Å²) in [6.07, 6.45) is 3.72. The van der Waals surface area contributed by atoms with E-state index in [4.69, 9.17) is 0 Å². The zero-order valence-corrected chi connectivity index (χ0v) is 12.3. The molecule has 21 heavy (non-hydrogen) atoms. The van der Waals surface area contributed by atoms with E-state index in [0.717, 1.165) is 32.5 Å². The van der Waals surface area contributed by atoms with Crippen molar-refractivity contribution in [1.82, 2.24) is 20.5 Å². The van der Waals surface area contributed by atoms with Crippen LogP contribution in [0, 0.1) is 5.92 Å². The number of likely N-dealkylation sites (tertiary alicyclic amines) is 1. The standard InChI is InChI=1S/C15H22N4O2/c1-16-9-12-5-4-8-19(11-12)14(20)10-18-15(21)13-6-2-3-7-17-13/h2-3,6-7,12,16H,4-5,8-11H2,1H3,(H,18,21). The van der Waals surface area contributed by atoms with Crippen LogP contribution in [0.25, 0.3) is 0 Å². The number of carbonyl (C=O) groups excluding carboxylic acids is 2. The molecule has 6 nitrogen and oxygen atoms in total. The minimum absolute atomic E-state index is 0.0277. The van der Waals surface area contributed by atoms with E-state index >= 15 is 0 Å². The maximum atomic E-state index is 12.2. The molecule has 6 heteroatoms. The van der Waals surface area contributed by atoms with Crippen LogP contribution in [0.2, 0.25) is 0 Å². The predicted molar refractivity (Wildman–Crippen MR) is 79.8 cm³/mol. The number of nitrogens with one attached hydrogen (secondary N) is 2. The second kappa shape index (κ2) is 7.73. The Morgan fingerprint density at radius 1 is 1.43 bits per heavy atom. The van der Waals surface area contributed by atoms with E-state index in [1.807, 2.05) is 11.9 Å². The van der Waals surface area contributed by atoms with E-state index < -0.39 is 0 Å². The van der Waals surface area contributed by atoms with Gasteiger partial charge in [-0.15, -0.1) is 0 Å². The van der Waals surface area contributed by atoms with Gasteiger partial charge in [0.2, 0.25) is 5.91 Å². The van der Waals surface area contributed by atoms with E-state index in [2.05, 4.69) is 15.6 Å². The van der Waals surface area contributed by atoms with Crippen molar-refractivity contribution < 1.29 is 9.59 Å². The molecule has 1 aromatic rings. The van der Waals surface area contributed by atoms with Crippen LogP contribution in [0.1, 0.15) is 23.3 Å². The van der Waals surface area contributed by atoms with E-state index in [0.29, 0.717) is 11.6 Å². The smallest absolute Gasteiger partial charge is 0.270 e. The molecule has 0 aliphatic carbocycles. The third kappa shape index (κ3) is 4.53. The molecule has 1 fully saturated rings. The second-order valence-corrected chi connectivity index (χ2v) is 5.30. The average molecular weight is 290 g/mol. The molecule has 2 amide bonds. The summed E-state index contributed by atoms with van der Waals surface area (Å²) in [5, 5.41) is 5.79. The number of amides is 2. The summed E-state index contributed by atoms with van der Waals surface area (Å²) in [6, 6.07) is 5.12. The Morgan fingerprint density at radius 2 is 2.29 bits per heavy atom. The topological polar surface area (TPSA) is 74.3 Å². The summed E-state index contributed by atoms with van der Waals surface area (Å²) in [5.41, 5.74) is 0.331. The molecule has 0 aromatic carbocycles. The molecule has 1 saturated heterocycles. The molecule has 2 rings (SSSR count). The summed E-state index contributed by atoms with van der Waals surface area (Å²) < 4.78 is 0. The quantitative estimate of drug-likeness (QED) is 0.816. The molecule has 1 aromatic heterocycles. The number of piperidine rings is 1. The average Bonchev–Trinajstić information content (AvgIpc) is 2.53. The van der Waals surface area contributed by atoms with Gasteiger partial charge in [0, 0.05) is 19.3 Å². The van der Waals surface area contributed by atoms with E-state index in [1.54, 1.807) is 24.4 Å². The Labute approximate surface area is 124 Å². The lowest BCUT2D eigenvalue weighted by molar-refractivity contribution is -0.131. The first kappa shape index (κ1) is 15.4. The molecule has 2 N–H and O–H groups in total. The first-order chi connectivity index (χ1) is 10.2. The third-order valence-corrected chi connectivity index (χ3v) is 3.66. The lowest BCUT2D eigenvalue weighted by Gasteiger charge is -2.32. The largest absolute Gasteiger partial charge is 0.342 e. The number of nitrogens with zero attached hydrogens (tertiary/aromatic N) is 2. The van der Waals surface area contributed by atoms with Gasteiger partial charge in [0.25, 0.3) is 5.91 Å². The van der Waals surface area contributed by atoms with Gasteiger partial charge in [0.05, 0.1) is 6.54 Å². The van der Waals surface area contributed by atoms with Crippen LogP contribution in [-0.2, 0) is 4.79 Å². The lowest BCUT2D eigenvalue weighted by atomic mass is 9.98. The summed E-state index contributed by atoms with van der Waals surface area (Å²) in [5.74, 6) is 0.159. The minimum Gasteiger partial charge on any atom is -0.342 e. The van der Waals surface area contributed by atoms with Gasteiger partial charge in [-0.25, -0.2) is 0 Å². The van der Waals surface area contributed by atoms with Crippen molar-refractivity contribution >= 4 is 11.8 Å². The Hall–Kier alpha value is -1.95. The molecular formula is C15H22N4O2. The lowest BCUT2D eigenvalue weighted by Crippen LogP contribution is -2.46. The normalized spacial score (nSPS) is 18.3. The van der Waals surface area contributed by atoms with Crippen LogP contribution in [0.5, 0.6) is 0 Å². The summed E-state index contributed by atoms with van der Waals surface area (Å²) in [7, 11) is 1.92. The molecule has 1 aliphatic rings. The Morgan fingerprint density at radius 3 is 3.00 bits per heavy atom. The van der Waals surface area contributed by atoms with Crippen molar-refractivity contribution in [2.75, 3.05) is 33.2 Å². The fraction of sp³-hybridized carbons (Fsp3) is 0.533. The number of aromatic nitrogens is 1. The predicted octanol–water partition coefficient (Wildman–Crippen LogP) is 0.269. The van der Waals surface area contributed by atoms with Crippen LogP contribution < -0.4 is 10.6 Å². The van der Waals surface area contributed by atoms with Gasteiger partial charge in [0.15, 0.2) is 0 Å². The summed E-state index contributed by atoms with van der Waals surface area (Å²) in [4.78, 5) is 29.8. The fourth-order valence-corrected chi connectivity index (χ4v) is 2.60. The van der Waals surface area contributed by atoms with Gasteiger partial charge in [-0.1, -0.05) is 6.07 Å². The molecule has 0 saturated carbocycles. The van der Waals surface area contributed by atoms with Gasteiger partial charge < -0.3 is 15.5 Å². The van der Waals surface area contributed by atoms with E-state index in [1.165, 1.54) is 0 Å². The molecule has 1 aliphatic heterocycles. The van der Waals surface area contributed by atoms with Crippen molar-refractivity contribution in [3.05, 3.63) is 30.1 Å².